The molecule has 0 aromatic carbocycles. The molecule has 0 aliphatic carbocycles. The number of amides is 1. The molecule has 4 nitrogen and oxygen atoms in total. The minimum atomic E-state index is -0.200. The molecule has 17 heavy (non-hydrogen) atoms. The van der Waals surface area contributed by atoms with Crippen molar-refractivity contribution >= 4 is 6.09 Å². The maximum absolute atomic E-state index is 11.6. The summed E-state index contributed by atoms with van der Waals surface area (Å²) in [4.78, 5) is 13.3. The molecule has 4 heteroatoms. The van der Waals surface area contributed by atoms with Crippen LogP contribution in [0.5, 0.6) is 0 Å². The summed E-state index contributed by atoms with van der Waals surface area (Å²) >= 11 is 0. The Morgan fingerprint density at radius 3 is 2.82 bits per heavy atom. The zero-order valence-corrected chi connectivity index (χ0v) is 11.4. The lowest BCUT2D eigenvalue weighted by Gasteiger charge is -2.25. The van der Waals surface area contributed by atoms with Gasteiger partial charge in [0.25, 0.3) is 0 Å². The minimum absolute atomic E-state index is 0.200. The lowest BCUT2D eigenvalue weighted by molar-refractivity contribution is 0.0984. The van der Waals surface area contributed by atoms with Crippen molar-refractivity contribution in [1.82, 2.24) is 10.2 Å². The van der Waals surface area contributed by atoms with E-state index in [1.54, 1.807) is 4.90 Å². The summed E-state index contributed by atoms with van der Waals surface area (Å²) in [6.07, 6.45) is 4.64. The fraction of sp³-hybridized carbons (Fsp3) is 0.923. The first-order chi connectivity index (χ1) is 8.09. The lowest BCUT2D eigenvalue weighted by Crippen LogP contribution is -2.38. The summed E-state index contributed by atoms with van der Waals surface area (Å²) in [6, 6.07) is 0.573. The van der Waals surface area contributed by atoms with Gasteiger partial charge >= 0.3 is 6.09 Å². The Morgan fingerprint density at radius 2 is 2.24 bits per heavy atom. The van der Waals surface area contributed by atoms with E-state index < -0.39 is 0 Å². The molecular weight excluding hydrogens is 216 g/mol. The Bertz CT molecular complexity index is 225. The number of piperidine rings is 1. The van der Waals surface area contributed by atoms with Crippen molar-refractivity contribution in [2.24, 2.45) is 5.92 Å². The molecule has 0 bridgehead atoms. The normalized spacial score (nSPS) is 20.4. The highest BCUT2D eigenvalue weighted by Crippen LogP contribution is 2.10. The van der Waals surface area contributed by atoms with Gasteiger partial charge in [0, 0.05) is 19.6 Å². The Labute approximate surface area is 105 Å². The highest BCUT2D eigenvalue weighted by Gasteiger charge is 2.15. The molecule has 1 rings (SSSR count). The molecule has 1 amide bonds. The van der Waals surface area contributed by atoms with Gasteiger partial charge in [-0.2, -0.15) is 0 Å². The number of nitrogens with one attached hydrogen (secondary N) is 1. The zero-order chi connectivity index (χ0) is 12.7. The lowest BCUT2D eigenvalue weighted by atomic mass is 10.0. The van der Waals surface area contributed by atoms with Crippen LogP contribution in [0.15, 0.2) is 0 Å². The van der Waals surface area contributed by atoms with Crippen molar-refractivity contribution in [1.29, 1.82) is 0 Å². The SMILES string of the molecule is CC(C)COC(=O)N(C)CCC1CCCCN1. The van der Waals surface area contributed by atoms with Crippen LogP contribution in [0.3, 0.4) is 0 Å². The first-order valence-electron chi connectivity index (χ1n) is 6.71. The van der Waals surface area contributed by atoms with Gasteiger partial charge in [-0.3, -0.25) is 0 Å². The monoisotopic (exact) mass is 242 g/mol. The summed E-state index contributed by atoms with van der Waals surface area (Å²) in [6.45, 7) is 6.48. The van der Waals surface area contributed by atoms with Gasteiger partial charge in [-0.25, -0.2) is 4.79 Å². The van der Waals surface area contributed by atoms with Crippen LogP contribution in [0.25, 0.3) is 0 Å². The van der Waals surface area contributed by atoms with E-state index in [0.717, 1.165) is 19.5 Å². The molecule has 0 radical (unpaired) electrons. The summed E-state index contributed by atoms with van der Waals surface area (Å²) in [5, 5.41) is 3.48. The largest absolute Gasteiger partial charge is 0.449 e. The van der Waals surface area contributed by atoms with Crippen molar-refractivity contribution < 1.29 is 9.53 Å². The summed E-state index contributed by atoms with van der Waals surface area (Å²) in [5.41, 5.74) is 0. The number of ether oxygens (including phenoxy) is 1. The number of hydrogen-bond donors (Lipinski definition) is 1. The molecule has 1 aliphatic rings. The topological polar surface area (TPSA) is 41.6 Å². The van der Waals surface area contributed by atoms with Gasteiger partial charge in [0.05, 0.1) is 6.61 Å². The molecule has 1 atom stereocenters. The number of hydrogen-bond acceptors (Lipinski definition) is 3. The van der Waals surface area contributed by atoms with E-state index in [1.807, 2.05) is 20.9 Å². The third kappa shape index (κ3) is 5.91. The molecule has 1 saturated heterocycles. The number of rotatable bonds is 5. The van der Waals surface area contributed by atoms with Crippen molar-refractivity contribution in [3.63, 3.8) is 0 Å². The van der Waals surface area contributed by atoms with Crippen LogP contribution >= 0.6 is 0 Å². The molecule has 1 unspecified atom stereocenters. The van der Waals surface area contributed by atoms with E-state index in [0.29, 0.717) is 18.6 Å². The molecular formula is C13H26N2O2. The molecule has 0 aromatic heterocycles. The average molecular weight is 242 g/mol. The van der Waals surface area contributed by atoms with Crippen LogP contribution < -0.4 is 5.32 Å². The maximum Gasteiger partial charge on any atom is 0.409 e. The van der Waals surface area contributed by atoms with Gasteiger partial charge in [-0.1, -0.05) is 20.3 Å². The van der Waals surface area contributed by atoms with Crippen LogP contribution in [-0.4, -0.2) is 43.8 Å². The second kappa shape index (κ2) is 7.54. The summed E-state index contributed by atoms with van der Waals surface area (Å²) in [7, 11) is 1.81. The summed E-state index contributed by atoms with van der Waals surface area (Å²) in [5.74, 6) is 0.396. The fourth-order valence-electron chi connectivity index (χ4n) is 1.96. The molecule has 1 N–H and O–H groups in total. The van der Waals surface area contributed by atoms with Crippen LogP contribution in [0.2, 0.25) is 0 Å². The highest BCUT2D eigenvalue weighted by molar-refractivity contribution is 5.67. The van der Waals surface area contributed by atoms with E-state index in [-0.39, 0.29) is 6.09 Å². The number of carbonyl (C=O) groups is 1. The number of nitrogens with zero attached hydrogens (tertiary/aromatic N) is 1. The van der Waals surface area contributed by atoms with Gasteiger partial charge in [0.2, 0.25) is 0 Å². The smallest absolute Gasteiger partial charge is 0.409 e. The molecule has 1 aliphatic heterocycles. The third-order valence-electron chi connectivity index (χ3n) is 3.08. The van der Waals surface area contributed by atoms with Gasteiger partial charge in [-0.05, 0) is 31.7 Å². The molecule has 1 heterocycles. The molecule has 1 fully saturated rings. The van der Waals surface area contributed by atoms with Gasteiger partial charge in [-0.15, -0.1) is 0 Å². The van der Waals surface area contributed by atoms with E-state index in [1.165, 1.54) is 19.3 Å². The van der Waals surface area contributed by atoms with Crippen molar-refractivity contribution in [3.05, 3.63) is 0 Å². The molecule has 100 valence electrons. The van der Waals surface area contributed by atoms with Crippen LogP contribution in [0.4, 0.5) is 4.79 Å². The molecule has 0 spiro atoms. The Hall–Kier alpha value is -0.770. The van der Waals surface area contributed by atoms with Crippen LogP contribution in [0, 0.1) is 5.92 Å². The number of carbonyl (C=O) groups excluding carboxylic acids is 1. The van der Waals surface area contributed by atoms with Gasteiger partial charge in [0.1, 0.15) is 0 Å². The Balaban J connectivity index is 2.14. The predicted octanol–water partition coefficient (Wildman–Crippen LogP) is 2.24. The standard InChI is InChI=1S/C13H26N2O2/c1-11(2)10-17-13(16)15(3)9-7-12-6-4-5-8-14-12/h11-12,14H,4-10H2,1-3H3. The summed E-state index contributed by atoms with van der Waals surface area (Å²) < 4.78 is 5.17. The third-order valence-corrected chi connectivity index (χ3v) is 3.08. The molecule has 0 aromatic rings. The second-order valence-electron chi connectivity index (χ2n) is 5.33. The highest BCUT2D eigenvalue weighted by atomic mass is 16.6. The van der Waals surface area contributed by atoms with Crippen molar-refractivity contribution in [3.8, 4) is 0 Å². The van der Waals surface area contributed by atoms with Gasteiger partial charge in [0.15, 0.2) is 0 Å². The van der Waals surface area contributed by atoms with Gasteiger partial charge < -0.3 is 15.0 Å². The maximum atomic E-state index is 11.6. The fourth-order valence-corrected chi connectivity index (χ4v) is 1.96. The Morgan fingerprint density at radius 1 is 1.47 bits per heavy atom. The van der Waals surface area contributed by atoms with Crippen LogP contribution in [0.1, 0.15) is 39.5 Å². The molecule has 0 saturated carbocycles. The van der Waals surface area contributed by atoms with Crippen LogP contribution in [-0.2, 0) is 4.74 Å². The quantitative estimate of drug-likeness (QED) is 0.804. The first-order valence-corrected chi connectivity index (χ1v) is 6.71. The Kier molecular flexibility index (Phi) is 6.34. The predicted molar refractivity (Wildman–Crippen MR) is 69.1 cm³/mol. The van der Waals surface area contributed by atoms with E-state index in [2.05, 4.69) is 5.32 Å². The van der Waals surface area contributed by atoms with E-state index in [9.17, 15) is 4.79 Å². The van der Waals surface area contributed by atoms with E-state index >= 15 is 0 Å². The van der Waals surface area contributed by atoms with Crippen molar-refractivity contribution in [2.45, 2.75) is 45.6 Å². The average Bonchev–Trinajstić information content (AvgIpc) is 2.34. The zero-order valence-electron chi connectivity index (χ0n) is 11.4. The second-order valence-corrected chi connectivity index (χ2v) is 5.33. The first kappa shape index (κ1) is 14.3. The minimum Gasteiger partial charge on any atom is -0.449 e. The van der Waals surface area contributed by atoms with Crippen molar-refractivity contribution in [2.75, 3.05) is 26.7 Å². The van der Waals surface area contributed by atoms with E-state index in [4.69, 9.17) is 4.74 Å².